The molecule has 2 aromatic carbocycles. The molecule has 202 valence electrons. The molecule has 4 atom stereocenters. The minimum atomic E-state index is -0.919. The van der Waals surface area contributed by atoms with Gasteiger partial charge in [-0.05, 0) is 112 Å². The van der Waals surface area contributed by atoms with Gasteiger partial charge in [0.25, 0.3) is 0 Å². The largest absolute Gasteiger partial charge is 0.483 e. The molecule has 1 nitrogen and oxygen atoms in total. The molecule has 2 aliphatic rings. The first-order chi connectivity index (χ1) is 18.4. The highest BCUT2D eigenvalue weighted by Gasteiger charge is 2.36. The Morgan fingerprint density at radius 1 is 0.789 bits per heavy atom. The second-order valence-corrected chi connectivity index (χ2v) is 10.6. The van der Waals surface area contributed by atoms with E-state index < -0.39 is 34.6 Å². The van der Waals surface area contributed by atoms with Crippen molar-refractivity contribution in [2.75, 3.05) is 6.61 Å². The molecule has 4 unspecified atom stereocenters. The van der Waals surface area contributed by atoms with Crippen LogP contribution >= 0.6 is 0 Å². The smallest absolute Gasteiger partial charge is 0.191 e. The fraction of sp³-hybridized carbons (Fsp3) is 0.455. The molecule has 2 aliphatic carbocycles. The average molecular weight is 525 g/mol. The molecule has 0 heterocycles. The second kappa shape index (κ2) is 13.2. The molecular weight excluding hydrogens is 488 g/mol. The maximum Gasteiger partial charge on any atom is 0.191 e. The van der Waals surface area contributed by atoms with Gasteiger partial charge in [-0.3, -0.25) is 0 Å². The highest BCUT2D eigenvalue weighted by Crippen LogP contribution is 2.48. The number of ether oxygens (including phenoxy) is 1. The van der Waals surface area contributed by atoms with Crippen molar-refractivity contribution in [1.82, 2.24) is 0 Å². The molecule has 0 bridgehead atoms. The van der Waals surface area contributed by atoms with Crippen LogP contribution in [0.25, 0.3) is 0 Å². The Kier molecular flexibility index (Phi) is 9.72. The number of fused-ring (bicyclic) bond motifs is 1. The van der Waals surface area contributed by atoms with Gasteiger partial charge in [-0.15, -0.1) is 0 Å². The fourth-order valence-corrected chi connectivity index (χ4v) is 6.13. The van der Waals surface area contributed by atoms with Gasteiger partial charge in [0.05, 0.1) is 5.56 Å². The van der Waals surface area contributed by atoms with E-state index in [1.807, 2.05) is 0 Å². The lowest BCUT2D eigenvalue weighted by Crippen LogP contribution is -2.30. The summed E-state index contributed by atoms with van der Waals surface area (Å²) in [5.41, 5.74) is 0.262. The molecule has 4 rings (SSSR count). The molecule has 38 heavy (non-hydrogen) atoms. The van der Waals surface area contributed by atoms with E-state index >= 15 is 0 Å². The van der Waals surface area contributed by atoms with E-state index in [1.54, 1.807) is 19.1 Å². The van der Waals surface area contributed by atoms with Crippen molar-refractivity contribution in [3.8, 4) is 17.6 Å². The van der Waals surface area contributed by atoms with Crippen molar-refractivity contribution in [2.45, 2.75) is 71.1 Å². The van der Waals surface area contributed by atoms with E-state index in [1.165, 1.54) is 37.8 Å². The van der Waals surface area contributed by atoms with Crippen LogP contribution < -0.4 is 4.74 Å². The molecule has 0 aromatic heterocycles. The number of halogens is 4. The van der Waals surface area contributed by atoms with Gasteiger partial charge in [0.15, 0.2) is 17.4 Å². The van der Waals surface area contributed by atoms with Crippen molar-refractivity contribution < 1.29 is 22.3 Å². The zero-order valence-electron chi connectivity index (χ0n) is 22.2. The lowest BCUT2D eigenvalue weighted by molar-refractivity contribution is 0.115. The topological polar surface area (TPSA) is 9.23 Å². The molecule has 0 saturated heterocycles. The van der Waals surface area contributed by atoms with Crippen LogP contribution in [0.5, 0.6) is 5.75 Å². The minimum Gasteiger partial charge on any atom is -0.483 e. The monoisotopic (exact) mass is 524 g/mol. The maximum atomic E-state index is 15.0. The summed E-state index contributed by atoms with van der Waals surface area (Å²) in [5, 5.41) is 0. The van der Waals surface area contributed by atoms with Gasteiger partial charge in [-0.25, -0.2) is 17.6 Å². The highest BCUT2D eigenvalue weighted by molar-refractivity contribution is 5.47. The number of benzene rings is 2. The predicted molar refractivity (Wildman–Crippen MR) is 144 cm³/mol. The highest BCUT2D eigenvalue weighted by atomic mass is 19.1. The quantitative estimate of drug-likeness (QED) is 0.199. The Morgan fingerprint density at radius 2 is 1.45 bits per heavy atom. The number of hydrogen-bond acceptors (Lipinski definition) is 1. The first-order valence-corrected chi connectivity index (χ1v) is 13.7. The maximum absolute atomic E-state index is 15.0. The van der Waals surface area contributed by atoms with Gasteiger partial charge >= 0.3 is 0 Å². The summed E-state index contributed by atoms with van der Waals surface area (Å²) < 4.78 is 63.6. The molecule has 0 N–H and O–H groups in total. The molecule has 0 radical (unpaired) electrons. The van der Waals surface area contributed by atoms with Gasteiger partial charge in [-0.2, -0.15) is 0 Å². The third kappa shape index (κ3) is 6.90. The van der Waals surface area contributed by atoms with Crippen molar-refractivity contribution in [3.63, 3.8) is 0 Å². The van der Waals surface area contributed by atoms with Gasteiger partial charge in [0.1, 0.15) is 18.2 Å². The predicted octanol–water partition coefficient (Wildman–Crippen LogP) is 9.25. The summed E-state index contributed by atoms with van der Waals surface area (Å²) in [6.45, 7) is 3.86. The molecule has 0 aliphatic heterocycles. The van der Waals surface area contributed by atoms with Crippen LogP contribution in [0.2, 0.25) is 0 Å². The van der Waals surface area contributed by atoms with Crippen molar-refractivity contribution in [1.29, 1.82) is 0 Å². The second-order valence-electron chi connectivity index (χ2n) is 10.6. The van der Waals surface area contributed by atoms with Gasteiger partial charge in [0.2, 0.25) is 0 Å². The van der Waals surface area contributed by atoms with E-state index in [0.29, 0.717) is 11.5 Å². The third-order valence-corrected chi connectivity index (χ3v) is 8.12. The molecule has 0 amide bonds. The Labute approximate surface area is 224 Å². The fourth-order valence-electron chi connectivity index (χ4n) is 6.13. The van der Waals surface area contributed by atoms with Crippen LogP contribution in [0.3, 0.4) is 0 Å². The Morgan fingerprint density at radius 3 is 2.13 bits per heavy atom. The van der Waals surface area contributed by atoms with E-state index in [-0.39, 0.29) is 18.1 Å². The van der Waals surface area contributed by atoms with Crippen LogP contribution in [0.15, 0.2) is 48.6 Å². The average Bonchev–Trinajstić information content (AvgIpc) is 2.89. The SMILES string of the molecule is C/C=C/CCC1CCC2CC(c3cc(F)c(C#Cc4cc(F)c(OC/C=C/C)c(F)c4)c(F)c3)CCC2C1. The molecular formula is C33H36F4O. The first kappa shape index (κ1) is 28.0. The van der Waals surface area contributed by atoms with E-state index in [2.05, 4.69) is 30.9 Å². The van der Waals surface area contributed by atoms with E-state index in [4.69, 9.17) is 4.74 Å². The summed E-state index contributed by atoms with van der Waals surface area (Å²) >= 11 is 0. The number of hydrogen-bond donors (Lipinski definition) is 0. The molecule has 2 saturated carbocycles. The lowest BCUT2D eigenvalue weighted by atomic mass is 9.63. The van der Waals surface area contributed by atoms with Crippen molar-refractivity contribution in [2.24, 2.45) is 17.8 Å². The number of allylic oxidation sites excluding steroid dienone is 3. The van der Waals surface area contributed by atoms with E-state index in [9.17, 15) is 17.6 Å². The minimum absolute atomic E-state index is 0.0257. The van der Waals surface area contributed by atoms with Gasteiger partial charge < -0.3 is 4.74 Å². The lowest BCUT2D eigenvalue weighted by Gasteiger charge is -2.42. The van der Waals surface area contributed by atoms with Gasteiger partial charge in [0, 0.05) is 5.56 Å². The molecule has 2 aromatic rings. The number of rotatable bonds is 7. The third-order valence-electron chi connectivity index (χ3n) is 8.12. The van der Waals surface area contributed by atoms with Crippen LogP contribution in [-0.2, 0) is 0 Å². The summed E-state index contributed by atoms with van der Waals surface area (Å²) in [7, 11) is 0. The summed E-state index contributed by atoms with van der Waals surface area (Å²) in [4.78, 5) is 0. The summed E-state index contributed by atoms with van der Waals surface area (Å²) in [6, 6.07) is 4.78. The molecule has 5 heteroatoms. The van der Waals surface area contributed by atoms with Crippen LogP contribution in [0.1, 0.15) is 87.8 Å². The standard InChI is InChI=1S/C33H36F4O/c1-3-5-7-8-22-9-11-25-19-26(13-12-24(25)16-22)27-20-29(34)28(30(35)21-27)14-10-23-17-31(36)33(32(37)18-23)38-15-6-4-2/h3-6,17-18,20-22,24-26H,7-9,11-13,15-16,19H2,1-2H3/b5-3+,6-4+. The van der Waals surface area contributed by atoms with E-state index in [0.717, 1.165) is 49.7 Å². The Balaban J connectivity index is 1.43. The zero-order valence-corrected chi connectivity index (χ0v) is 22.2. The Bertz CT molecular complexity index is 1190. The normalized spacial score (nSPS) is 23.3. The van der Waals surface area contributed by atoms with Crippen molar-refractivity contribution in [3.05, 3.63) is 88.5 Å². The van der Waals surface area contributed by atoms with Gasteiger partial charge in [-0.1, -0.05) is 42.6 Å². The van der Waals surface area contributed by atoms with Crippen LogP contribution in [0, 0.1) is 52.9 Å². The summed E-state index contributed by atoms with van der Waals surface area (Å²) in [5.74, 6) is 3.37. The van der Waals surface area contributed by atoms with Crippen LogP contribution in [0.4, 0.5) is 17.6 Å². The zero-order chi connectivity index (χ0) is 27.1. The van der Waals surface area contributed by atoms with Crippen molar-refractivity contribution >= 4 is 0 Å². The Hall–Kier alpha value is -3.00. The molecule has 2 fully saturated rings. The molecule has 0 spiro atoms. The first-order valence-electron chi connectivity index (χ1n) is 13.7. The van der Waals surface area contributed by atoms with Crippen LogP contribution in [-0.4, -0.2) is 6.61 Å². The summed E-state index contributed by atoms with van der Waals surface area (Å²) in [6.07, 6.45) is 16.8.